The Morgan fingerprint density at radius 2 is 1.89 bits per heavy atom. The minimum atomic E-state index is -0.508. The lowest BCUT2D eigenvalue weighted by atomic mass is 10.2. The molecule has 1 fully saturated rings. The second-order valence-corrected chi connectivity index (χ2v) is 5.89. The van der Waals surface area contributed by atoms with E-state index in [0.717, 1.165) is 6.42 Å². The van der Waals surface area contributed by atoms with E-state index in [1.807, 2.05) is 27.7 Å². The zero-order valence-electron chi connectivity index (χ0n) is 11.9. The summed E-state index contributed by atoms with van der Waals surface area (Å²) in [6.07, 6.45) is 0.513. The summed E-state index contributed by atoms with van der Waals surface area (Å²) >= 11 is 0. The number of likely N-dealkylation sites (N-methyl/N-ethyl adjacent to an activating group) is 1. The third-order valence-corrected chi connectivity index (χ3v) is 2.79. The van der Waals surface area contributed by atoms with E-state index in [1.165, 1.54) is 4.90 Å². The maximum absolute atomic E-state index is 11.6. The van der Waals surface area contributed by atoms with Crippen LogP contribution in [0.1, 0.15) is 34.1 Å². The summed E-state index contributed by atoms with van der Waals surface area (Å²) in [5, 5.41) is 0. The van der Waals surface area contributed by atoms with Crippen LogP contribution in [-0.4, -0.2) is 42.8 Å². The molecule has 1 aliphatic carbocycles. The van der Waals surface area contributed by atoms with E-state index in [9.17, 15) is 9.59 Å². The summed E-state index contributed by atoms with van der Waals surface area (Å²) in [4.78, 5) is 24.4. The zero-order valence-corrected chi connectivity index (χ0v) is 11.9. The third-order valence-electron chi connectivity index (χ3n) is 2.79. The molecule has 0 heterocycles. The number of rotatable bonds is 4. The predicted molar refractivity (Wildman–Crippen MR) is 67.1 cm³/mol. The molecule has 1 aliphatic rings. The van der Waals surface area contributed by atoms with Gasteiger partial charge in [-0.2, -0.15) is 0 Å². The molecule has 18 heavy (non-hydrogen) atoms. The Morgan fingerprint density at radius 3 is 2.33 bits per heavy atom. The van der Waals surface area contributed by atoms with Gasteiger partial charge in [0.2, 0.25) is 0 Å². The van der Waals surface area contributed by atoms with Crippen LogP contribution in [0.2, 0.25) is 0 Å². The number of amides is 1. The Hall–Kier alpha value is -1.26. The number of carbonyl (C=O) groups excluding carboxylic acids is 2. The molecule has 2 atom stereocenters. The molecule has 0 aromatic rings. The predicted octanol–water partition coefficient (Wildman–Crippen LogP) is 2.05. The molecule has 104 valence electrons. The number of nitrogens with zero attached hydrogens (tertiary/aromatic N) is 1. The first-order chi connectivity index (χ1) is 8.20. The van der Waals surface area contributed by atoms with Gasteiger partial charge in [0.25, 0.3) is 0 Å². The van der Waals surface area contributed by atoms with Gasteiger partial charge in [0, 0.05) is 7.05 Å². The molecule has 0 aliphatic heterocycles. The van der Waals surface area contributed by atoms with Crippen molar-refractivity contribution in [1.29, 1.82) is 0 Å². The Balaban J connectivity index is 2.18. The van der Waals surface area contributed by atoms with Crippen molar-refractivity contribution in [1.82, 2.24) is 4.90 Å². The van der Waals surface area contributed by atoms with Crippen molar-refractivity contribution in [2.45, 2.75) is 39.7 Å². The molecule has 0 bridgehead atoms. The molecule has 0 radical (unpaired) electrons. The van der Waals surface area contributed by atoms with Crippen LogP contribution in [0.4, 0.5) is 4.79 Å². The summed E-state index contributed by atoms with van der Waals surface area (Å²) in [5.74, 6) is 0.359. The van der Waals surface area contributed by atoms with E-state index >= 15 is 0 Å². The summed E-state index contributed by atoms with van der Waals surface area (Å²) in [7, 11) is 1.63. The summed E-state index contributed by atoms with van der Waals surface area (Å²) < 4.78 is 10.3. The van der Waals surface area contributed by atoms with Gasteiger partial charge in [0.1, 0.15) is 12.2 Å². The Kier molecular flexibility index (Phi) is 4.59. The van der Waals surface area contributed by atoms with Gasteiger partial charge in [-0.25, -0.2) is 4.79 Å². The van der Waals surface area contributed by atoms with Crippen LogP contribution in [0, 0.1) is 11.8 Å². The highest BCUT2D eigenvalue weighted by atomic mass is 16.6. The van der Waals surface area contributed by atoms with E-state index in [2.05, 4.69) is 0 Å². The number of hydrogen-bond donors (Lipinski definition) is 0. The van der Waals surface area contributed by atoms with Gasteiger partial charge < -0.3 is 14.4 Å². The summed E-state index contributed by atoms with van der Waals surface area (Å²) in [5.41, 5.74) is -0.508. The summed E-state index contributed by atoms with van der Waals surface area (Å²) in [6.45, 7) is 8.03. The van der Waals surface area contributed by atoms with E-state index in [1.54, 1.807) is 7.05 Å². The Labute approximate surface area is 108 Å². The number of ether oxygens (including phenoxy) is 2. The lowest BCUT2D eigenvalue weighted by molar-refractivity contribution is -0.145. The largest absolute Gasteiger partial charge is 0.464 e. The van der Waals surface area contributed by atoms with Crippen molar-refractivity contribution in [3.63, 3.8) is 0 Å². The molecule has 0 aromatic heterocycles. The minimum Gasteiger partial charge on any atom is -0.464 e. The van der Waals surface area contributed by atoms with E-state index < -0.39 is 11.7 Å². The molecule has 1 amide bonds. The molecule has 5 nitrogen and oxygen atoms in total. The SMILES string of the molecule is C[C@H]1C[C@H]1C(=O)OCCN(C)C(=O)OC(C)(C)C. The topological polar surface area (TPSA) is 55.8 Å². The average Bonchev–Trinajstić information content (AvgIpc) is 2.92. The van der Waals surface area contributed by atoms with Gasteiger partial charge >= 0.3 is 12.1 Å². The van der Waals surface area contributed by atoms with Crippen LogP contribution in [-0.2, 0) is 14.3 Å². The quantitative estimate of drug-likeness (QED) is 0.723. The minimum absolute atomic E-state index is 0.0665. The molecule has 0 N–H and O–H groups in total. The van der Waals surface area contributed by atoms with Crippen LogP contribution in [0.15, 0.2) is 0 Å². The number of hydrogen-bond acceptors (Lipinski definition) is 4. The standard InChI is InChI=1S/C13H23NO4/c1-9-8-10(9)11(15)17-7-6-14(5)12(16)18-13(2,3)4/h9-10H,6-8H2,1-5H3/t9-,10+/m0/s1. The highest BCUT2D eigenvalue weighted by Gasteiger charge is 2.40. The van der Waals surface area contributed by atoms with Gasteiger partial charge in [-0.1, -0.05) is 6.92 Å². The molecule has 0 spiro atoms. The fourth-order valence-electron chi connectivity index (χ4n) is 1.47. The molecular formula is C13H23NO4. The molecule has 0 saturated heterocycles. The zero-order chi connectivity index (χ0) is 13.9. The fraction of sp³-hybridized carbons (Fsp3) is 0.846. The molecule has 0 unspecified atom stereocenters. The van der Waals surface area contributed by atoms with Crippen molar-refractivity contribution < 1.29 is 19.1 Å². The van der Waals surface area contributed by atoms with Gasteiger partial charge in [0.15, 0.2) is 0 Å². The van der Waals surface area contributed by atoms with Crippen molar-refractivity contribution in [3.8, 4) is 0 Å². The third kappa shape index (κ3) is 4.94. The van der Waals surface area contributed by atoms with Crippen LogP contribution >= 0.6 is 0 Å². The normalized spacial score (nSPS) is 22.3. The average molecular weight is 257 g/mol. The van der Waals surface area contributed by atoms with Gasteiger partial charge in [-0.3, -0.25) is 4.79 Å². The maximum Gasteiger partial charge on any atom is 0.410 e. The van der Waals surface area contributed by atoms with Crippen molar-refractivity contribution in [3.05, 3.63) is 0 Å². The maximum atomic E-state index is 11.6. The first kappa shape index (κ1) is 14.8. The smallest absolute Gasteiger partial charge is 0.410 e. The Morgan fingerprint density at radius 1 is 1.33 bits per heavy atom. The first-order valence-corrected chi connectivity index (χ1v) is 6.31. The molecule has 0 aromatic carbocycles. The molecule has 1 saturated carbocycles. The highest BCUT2D eigenvalue weighted by molar-refractivity contribution is 5.75. The molecular weight excluding hydrogens is 234 g/mol. The van der Waals surface area contributed by atoms with Crippen molar-refractivity contribution in [2.75, 3.05) is 20.2 Å². The fourth-order valence-corrected chi connectivity index (χ4v) is 1.47. The molecule has 1 rings (SSSR count). The Bertz CT molecular complexity index is 321. The number of esters is 1. The van der Waals surface area contributed by atoms with Gasteiger partial charge in [-0.15, -0.1) is 0 Å². The van der Waals surface area contributed by atoms with Crippen LogP contribution in [0.3, 0.4) is 0 Å². The second-order valence-electron chi connectivity index (χ2n) is 5.89. The van der Waals surface area contributed by atoms with Crippen molar-refractivity contribution in [2.24, 2.45) is 11.8 Å². The number of carbonyl (C=O) groups is 2. The second kappa shape index (κ2) is 5.59. The van der Waals surface area contributed by atoms with E-state index in [4.69, 9.17) is 9.47 Å². The monoisotopic (exact) mass is 257 g/mol. The van der Waals surface area contributed by atoms with Crippen molar-refractivity contribution >= 4 is 12.1 Å². The van der Waals surface area contributed by atoms with Crippen LogP contribution in [0.25, 0.3) is 0 Å². The molecule has 5 heteroatoms. The van der Waals surface area contributed by atoms with Gasteiger partial charge in [-0.05, 0) is 33.1 Å². The highest BCUT2D eigenvalue weighted by Crippen LogP contribution is 2.38. The van der Waals surface area contributed by atoms with Crippen LogP contribution < -0.4 is 0 Å². The summed E-state index contributed by atoms with van der Waals surface area (Å²) in [6, 6.07) is 0. The lowest BCUT2D eigenvalue weighted by Gasteiger charge is -2.24. The van der Waals surface area contributed by atoms with Gasteiger partial charge in [0.05, 0.1) is 12.5 Å². The van der Waals surface area contributed by atoms with E-state index in [0.29, 0.717) is 12.5 Å². The lowest BCUT2D eigenvalue weighted by Crippen LogP contribution is -2.36. The first-order valence-electron chi connectivity index (χ1n) is 6.31. The van der Waals surface area contributed by atoms with Crippen LogP contribution in [0.5, 0.6) is 0 Å². The van der Waals surface area contributed by atoms with E-state index in [-0.39, 0.29) is 18.5 Å².